The second-order valence-corrected chi connectivity index (χ2v) is 10.8. The summed E-state index contributed by atoms with van der Waals surface area (Å²) in [6.07, 6.45) is 13.7. The Labute approximate surface area is 201 Å². The Morgan fingerprint density at radius 2 is 1.50 bits per heavy atom. The van der Waals surface area contributed by atoms with Gasteiger partial charge in [0.2, 0.25) is 5.69 Å². The lowest BCUT2D eigenvalue weighted by molar-refractivity contribution is -0.660. The summed E-state index contributed by atoms with van der Waals surface area (Å²) >= 11 is 0. The van der Waals surface area contributed by atoms with Crippen LogP contribution in [0.15, 0.2) is 53.1 Å². The predicted octanol–water partition coefficient (Wildman–Crippen LogP) is 8.38. The molecule has 3 heteroatoms. The molecule has 176 valence electrons. The van der Waals surface area contributed by atoms with Gasteiger partial charge in [-0.2, -0.15) is 0 Å². The number of furan rings is 1. The van der Waals surface area contributed by atoms with Crippen LogP contribution in [0.25, 0.3) is 33.2 Å². The third-order valence-electron chi connectivity index (χ3n) is 8.81. The van der Waals surface area contributed by atoms with Crippen LogP contribution in [0.1, 0.15) is 74.8 Å². The maximum atomic E-state index is 15.4. The summed E-state index contributed by atoms with van der Waals surface area (Å²) in [6, 6.07) is 14.1. The molecule has 0 aliphatic heterocycles. The highest BCUT2D eigenvalue weighted by Crippen LogP contribution is 2.47. The number of benzene rings is 2. The predicted molar refractivity (Wildman–Crippen MR) is 136 cm³/mol. The summed E-state index contributed by atoms with van der Waals surface area (Å²) in [6.45, 7) is 2.13. The molecular weight excluding hydrogens is 421 g/mol. The van der Waals surface area contributed by atoms with Gasteiger partial charge in [0.1, 0.15) is 24.0 Å². The van der Waals surface area contributed by atoms with Gasteiger partial charge in [0.05, 0.1) is 5.56 Å². The largest absolute Gasteiger partial charge is 0.455 e. The third kappa shape index (κ3) is 3.65. The van der Waals surface area contributed by atoms with E-state index in [9.17, 15) is 0 Å². The molecular formula is C31H35FNO+. The van der Waals surface area contributed by atoms with Gasteiger partial charge in [0, 0.05) is 28.5 Å². The first kappa shape index (κ1) is 21.8. The van der Waals surface area contributed by atoms with E-state index in [2.05, 4.69) is 49.0 Å². The van der Waals surface area contributed by atoms with Crippen molar-refractivity contribution in [1.29, 1.82) is 0 Å². The van der Waals surface area contributed by atoms with Crippen LogP contribution in [0.2, 0.25) is 0 Å². The molecule has 6 rings (SSSR count). The zero-order chi connectivity index (χ0) is 23.2. The topological polar surface area (TPSA) is 17.0 Å². The molecule has 0 spiro atoms. The minimum atomic E-state index is -0.101. The molecule has 0 unspecified atom stereocenters. The summed E-state index contributed by atoms with van der Waals surface area (Å²) in [7, 11) is 2.06. The van der Waals surface area contributed by atoms with Gasteiger partial charge >= 0.3 is 0 Å². The molecule has 2 nitrogen and oxygen atoms in total. The average molecular weight is 457 g/mol. The van der Waals surface area contributed by atoms with Crippen molar-refractivity contribution >= 4 is 21.9 Å². The molecule has 0 N–H and O–H groups in total. The Kier molecular flexibility index (Phi) is 5.67. The van der Waals surface area contributed by atoms with Crippen LogP contribution in [0.5, 0.6) is 0 Å². The Morgan fingerprint density at radius 3 is 2.26 bits per heavy atom. The Hall–Kier alpha value is -2.68. The molecule has 2 aliphatic carbocycles. The highest BCUT2D eigenvalue weighted by molar-refractivity contribution is 6.10. The Morgan fingerprint density at radius 1 is 0.794 bits per heavy atom. The molecule has 2 aromatic carbocycles. The van der Waals surface area contributed by atoms with Crippen molar-refractivity contribution < 1.29 is 13.4 Å². The molecule has 0 radical (unpaired) electrons. The van der Waals surface area contributed by atoms with Crippen LogP contribution < -0.4 is 4.57 Å². The van der Waals surface area contributed by atoms with Crippen molar-refractivity contribution in [1.82, 2.24) is 0 Å². The number of pyridine rings is 1. The van der Waals surface area contributed by atoms with Gasteiger partial charge in [-0.3, -0.25) is 0 Å². The second kappa shape index (κ2) is 8.83. The number of rotatable bonds is 3. The average Bonchev–Trinajstić information content (AvgIpc) is 3.24. The molecule has 0 atom stereocenters. The summed E-state index contributed by atoms with van der Waals surface area (Å²) in [5.41, 5.74) is 5.84. The number of nitrogens with zero attached hydrogens (tertiary/aromatic N) is 1. The van der Waals surface area contributed by atoms with Gasteiger partial charge in [0.15, 0.2) is 6.20 Å². The first-order valence-electron chi connectivity index (χ1n) is 13.2. The summed E-state index contributed by atoms with van der Waals surface area (Å²) < 4.78 is 24.1. The number of hydrogen-bond donors (Lipinski definition) is 0. The van der Waals surface area contributed by atoms with E-state index in [1.54, 1.807) is 6.07 Å². The SMILES string of the molecule is Cc1ccc2c(oc3c(C4CCC(C5CCCCC5)CC4)c(F)ccc32)c1-c1cccc[n+]1C. The molecule has 0 amide bonds. The van der Waals surface area contributed by atoms with Crippen LogP contribution in [0.3, 0.4) is 0 Å². The number of aryl methyl sites for hydroxylation is 2. The van der Waals surface area contributed by atoms with Crippen LogP contribution >= 0.6 is 0 Å². The van der Waals surface area contributed by atoms with E-state index < -0.39 is 0 Å². The monoisotopic (exact) mass is 456 g/mol. The lowest BCUT2D eigenvalue weighted by atomic mass is 9.70. The van der Waals surface area contributed by atoms with E-state index in [0.717, 1.165) is 63.4 Å². The van der Waals surface area contributed by atoms with E-state index in [4.69, 9.17) is 4.42 Å². The quantitative estimate of drug-likeness (QED) is 0.283. The van der Waals surface area contributed by atoms with E-state index in [0.29, 0.717) is 0 Å². The maximum absolute atomic E-state index is 15.4. The first-order valence-corrected chi connectivity index (χ1v) is 13.2. The van der Waals surface area contributed by atoms with E-state index in [1.165, 1.54) is 50.5 Å². The fourth-order valence-electron chi connectivity index (χ4n) is 6.97. The lowest BCUT2D eigenvalue weighted by Crippen LogP contribution is -2.30. The van der Waals surface area contributed by atoms with Gasteiger partial charge in [-0.25, -0.2) is 8.96 Å². The van der Waals surface area contributed by atoms with Gasteiger partial charge in [-0.15, -0.1) is 0 Å². The molecule has 0 saturated heterocycles. The van der Waals surface area contributed by atoms with Crippen LogP contribution in [0.4, 0.5) is 4.39 Å². The third-order valence-corrected chi connectivity index (χ3v) is 8.81. The fraction of sp³-hybridized carbons (Fsp3) is 0.452. The van der Waals surface area contributed by atoms with Crippen molar-refractivity contribution in [2.75, 3.05) is 0 Å². The molecule has 0 bridgehead atoms. The number of fused-ring (bicyclic) bond motifs is 3. The fourth-order valence-corrected chi connectivity index (χ4v) is 6.97. The number of hydrogen-bond acceptors (Lipinski definition) is 1. The van der Waals surface area contributed by atoms with Crippen molar-refractivity contribution in [3.63, 3.8) is 0 Å². The Balaban J connectivity index is 1.42. The molecule has 34 heavy (non-hydrogen) atoms. The second-order valence-electron chi connectivity index (χ2n) is 10.8. The Bertz CT molecular complexity index is 1340. The zero-order valence-corrected chi connectivity index (χ0v) is 20.4. The van der Waals surface area contributed by atoms with Gasteiger partial charge < -0.3 is 4.42 Å². The van der Waals surface area contributed by atoms with E-state index in [-0.39, 0.29) is 11.7 Å². The zero-order valence-electron chi connectivity index (χ0n) is 20.4. The first-order chi connectivity index (χ1) is 16.6. The van der Waals surface area contributed by atoms with E-state index in [1.807, 2.05) is 12.1 Å². The van der Waals surface area contributed by atoms with Crippen LogP contribution in [-0.4, -0.2) is 0 Å². The smallest absolute Gasteiger partial charge is 0.216 e. The highest BCUT2D eigenvalue weighted by Gasteiger charge is 2.32. The normalized spacial score (nSPS) is 22.0. The van der Waals surface area contributed by atoms with Gasteiger partial charge in [-0.1, -0.05) is 44.2 Å². The lowest BCUT2D eigenvalue weighted by Gasteiger charge is -2.36. The van der Waals surface area contributed by atoms with Crippen molar-refractivity contribution in [2.24, 2.45) is 18.9 Å². The van der Waals surface area contributed by atoms with Gasteiger partial charge in [0.25, 0.3) is 0 Å². The molecule has 2 aliphatic rings. The molecule has 2 fully saturated rings. The van der Waals surface area contributed by atoms with Crippen molar-refractivity contribution in [3.05, 3.63) is 65.6 Å². The molecule has 2 saturated carbocycles. The number of aromatic nitrogens is 1. The van der Waals surface area contributed by atoms with Crippen molar-refractivity contribution in [3.8, 4) is 11.3 Å². The molecule has 4 aromatic rings. The van der Waals surface area contributed by atoms with E-state index >= 15 is 4.39 Å². The minimum Gasteiger partial charge on any atom is -0.455 e. The van der Waals surface area contributed by atoms with Crippen LogP contribution in [-0.2, 0) is 7.05 Å². The number of halogens is 1. The summed E-state index contributed by atoms with van der Waals surface area (Å²) in [5, 5.41) is 2.12. The van der Waals surface area contributed by atoms with Crippen molar-refractivity contribution in [2.45, 2.75) is 70.6 Å². The standard InChI is InChI=1S/C31H35FNO/c1-20-11-16-24-25-17-18-26(32)29(23-14-12-22(13-15-23)21-8-4-3-5-9-21)31(25)34-30(24)28(20)27-10-6-7-19-33(27)2/h6-7,10-11,16-19,21-23H,3-5,8-9,12-15H2,1-2H3/q+1. The van der Waals surface area contributed by atoms with Crippen LogP contribution in [0, 0.1) is 24.6 Å². The molecule has 2 heterocycles. The molecule has 2 aromatic heterocycles. The highest BCUT2D eigenvalue weighted by atomic mass is 19.1. The summed E-state index contributed by atoms with van der Waals surface area (Å²) in [5.74, 6) is 1.89. The van der Waals surface area contributed by atoms with Gasteiger partial charge in [-0.05, 0) is 74.1 Å². The maximum Gasteiger partial charge on any atom is 0.216 e. The summed E-state index contributed by atoms with van der Waals surface area (Å²) in [4.78, 5) is 0. The minimum absolute atomic E-state index is 0.101.